The van der Waals surface area contributed by atoms with Crippen LogP contribution < -0.4 is 5.73 Å². The molecule has 2 rings (SSSR count). The Morgan fingerprint density at radius 1 is 1.25 bits per heavy atom. The van der Waals surface area contributed by atoms with Crippen LogP contribution >= 0.6 is 0 Å². The second-order valence-corrected chi connectivity index (χ2v) is 4.96. The number of ether oxygens (including phenoxy) is 1. The number of methoxy groups -OCH3 is 1. The van der Waals surface area contributed by atoms with Crippen LogP contribution in [0.3, 0.4) is 0 Å². The van der Waals surface area contributed by atoms with Crippen molar-refractivity contribution in [3.05, 3.63) is 48.0 Å². The first-order valence-corrected chi connectivity index (χ1v) is 6.60. The van der Waals surface area contributed by atoms with Crippen molar-refractivity contribution in [3.63, 3.8) is 0 Å². The molecule has 0 bridgehead atoms. The number of nitrogens with zero attached hydrogens (tertiary/aromatic N) is 1. The largest absolute Gasteiger partial charge is 0.383 e. The first kappa shape index (κ1) is 14.5. The third kappa shape index (κ3) is 3.35. The predicted octanol–water partition coefficient (Wildman–Crippen LogP) is 1.89. The molecular formula is C16H20N2O2. The van der Waals surface area contributed by atoms with Gasteiger partial charge in [0, 0.05) is 32.3 Å². The minimum Gasteiger partial charge on any atom is -0.383 e. The van der Waals surface area contributed by atoms with E-state index in [1.807, 2.05) is 42.5 Å². The minimum absolute atomic E-state index is 0.0256. The number of rotatable bonds is 5. The fourth-order valence-electron chi connectivity index (χ4n) is 2.24. The smallest absolute Gasteiger partial charge is 0.253 e. The Morgan fingerprint density at radius 2 is 1.95 bits per heavy atom. The first-order chi connectivity index (χ1) is 9.61. The van der Waals surface area contributed by atoms with Crippen LogP contribution in [0.1, 0.15) is 10.4 Å². The van der Waals surface area contributed by atoms with E-state index in [0.29, 0.717) is 18.7 Å². The summed E-state index contributed by atoms with van der Waals surface area (Å²) >= 11 is 0. The standard InChI is InChI=1S/C16H20N2O2/c1-18(10-15(17)11-20-2)16(19)14-8-7-12-5-3-4-6-13(12)9-14/h3-9,15H,10-11,17H2,1-2H3. The molecule has 0 radical (unpaired) electrons. The molecule has 4 nitrogen and oxygen atoms in total. The van der Waals surface area contributed by atoms with E-state index in [1.54, 1.807) is 19.1 Å². The average molecular weight is 272 g/mol. The number of carbonyl (C=O) groups excluding carboxylic acids is 1. The van der Waals surface area contributed by atoms with Gasteiger partial charge in [-0.15, -0.1) is 0 Å². The van der Waals surface area contributed by atoms with Gasteiger partial charge < -0.3 is 15.4 Å². The molecule has 1 atom stereocenters. The molecule has 106 valence electrons. The lowest BCUT2D eigenvalue weighted by atomic mass is 10.1. The Morgan fingerprint density at radius 3 is 2.65 bits per heavy atom. The summed E-state index contributed by atoms with van der Waals surface area (Å²) in [5.74, 6) is -0.0256. The molecule has 4 heteroatoms. The summed E-state index contributed by atoms with van der Waals surface area (Å²) in [7, 11) is 3.36. The number of likely N-dealkylation sites (N-methyl/N-ethyl adjacent to an activating group) is 1. The molecular weight excluding hydrogens is 252 g/mol. The zero-order valence-electron chi connectivity index (χ0n) is 11.9. The summed E-state index contributed by atoms with van der Waals surface area (Å²) in [6.07, 6.45) is 0. The van der Waals surface area contributed by atoms with Crippen molar-refractivity contribution < 1.29 is 9.53 Å². The van der Waals surface area contributed by atoms with E-state index in [2.05, 4.69) is 0 Å². The molecule has 1 unspecified atom stereocenters. The Balaban J connectivity index is 2.14. The van der Waals surface area contributed by atoms with Crippen molar-refractivity contribution in [2.75, 3.05) is 27.3 Å². The fraction of sp³-hybridized carbons (Fsp3) is 0.312. The van der Waals surface area contributed by atoms with Crippen molar-refractivity contribution in [2.24, 2.45) is 5.73 Å². The maximum absolute atomic E-state index is 12.4. The minimum atomic E-state index is -0.172. The van der Waals surface area contributed by atoms with Gasteiger partial charge in [-0.1, -0.05) is 30.3 Å². The van der Waals surface area contributed by atoms with Crippen LogP contribution in [0.25, 0.3) is 10.8 Å². The summed E-state index contributed by atoms with van der Waals surface area (Å²) in [6, 6.07) is 13.5. The molecule has 0 fully saturated rings. The molecule has 20 heavy (non-hydrogen) atoms. The molecule has 2 aromatic carbocycles. The number of hydrogen-bond donors (Lipinski definition) is 1. The summed E-state index contributed by atoms with van der Waals surface area (Å²) in [4.78, 5) is 14.0. The second-order valence-electron chi connectivity index (χ2n) is 4.96. The van der Waals surface area contributed by atoms with Crippen molar-refractivity contribution in [1.29, 1.82) is 0 Å². The molecule has 0 spiro atoms. The molecule has 0 saturated heterocycles. The van der Waals surface area contributed by atoms with Crippen molar-refractivity contribution in [1.82, 2.24) is 4.90 Å². The molecule has 0 aliphatic carbocycles. The third-order valence-corrected chi connectivity index (χ3v) is 3.23. The van der Waals surface area contributed by atoms with Gasteiger partial charge in [-0.25, -0.2) is 0 Å². The topological polar surface area (TPSA) is 55.6 Å². The molecule has 0 aliphatic rings. The second kappa shape index (κ2) is 6.50. The number of fused-ring (bicyclic) bond motifs is 1. The van der Waals surface area contributed by atoms with E-state index in [4.69, 9.17) is 10.5 Å². The lowest BCUT2D eigenvalue weighted by Gasteiger charge is -2.21. The van der Waals surface area contributed by atoms with Crippen molar-refractivity contribution >= 4 is 16.7 Å². The zero-order valence-corrected chi connectivity index (χ0v) is 11.9. The quantitative estimate of drug-likeness (QED) is 0.904. The highest BCUT2D eigenvalue weighted by Crippen LogP contribution is 2.16. The highest BCUT2D eigenvalue weighted by molar-refractivity contribution is 5.98. The van der Waals surface area contributed by atoms with E-state index in [-0.39, 0.29) is 11.9 Å². The maximum Gasteiger partial charge on any atom is 0.253 e. The van der Waals surface area contributed by atoms with Gasteiger partial charge in [-0.2, -0.15) is 0 Å². The number of nitrogens with two attached hydrogens (primary N) is 1. The number of hydrogen-bond acceptors (Lipinski definition) is 3. The van der Waals surface area contributed by atoms with Crippen LogP contribution in [-0.4, -0.2) is 44.2 Å². The summed E-state index contributed by atoms with van der Waals surface area (Å²) in [6.45, 7) is 0.912. The van der Waals surface area contributed by atoms with Crippen LogP contribution in [0, 0.1) is 0 Å². The van der Waals surface area contributed by atoms with Gasteiger partial charge in [0.25, 0.3) is 5.91 Å². The Bertz CT molecular complexity index is 598. The van der Waals surface area contributed by atoms with Gasteiger partial charge in [0.2, 0.25) is 0 Å². The SMILES string of the molecule is COCC(N)CN(C)C(=O)c1ccc2ccccc2c1. The van der Waals surface area contributed by atoms with Crippen LogP contribution in [0.2, 0.25) is 0 Å². The molecule has 0 aliphatic heterocycles. The zero-order chi connectivity index (χ0) is 14.5. The van der Waals surface area contributed by atoms with Crippen LogP contribution in [-0.2, 0) is 4.74 Å². The van der Waals surface area contributed by atoms with Gasteiger partial charge in [0.1, 0.15) is 0 Å². The number of benzene rings is 2. The Hall–Kier alpha value is -1.91. The summed E-state index contributed by atoms with van der Waals surface area (Å²) in [5, 5.41) is 2.19. The number of carbonyl (C=O) groups is 1. The highest BCUT2D eigenvalue weighted by Gasteiger charge is 2.14. The highest BCUT2D eigenvalue weighted by atomic mass is 16.5. The van der Waals surface area contributed by atoms with E-state index >= 15 is 0 Å². The fourth-order valence-corrected chi connectivity index (χ4v) is 2.24. The molecule has 0 heterocycles. The predicted molar refractivity (Wildman–Crippen MR) is 80.8 cm³/mol. The Kier molecular flexibility index (Phi) is 4.71. The van der Waals surface area contributed by atoms with Gasteiger partial charge >= 0.3 is 0 Å². The number of amides is 1. The summed E-state index contributed by atoms with van der Waals surface area (Å²) < 4.78 is 4.98. The molecule has 0 aromatic heterocycles. The van der Waals surface area contributed by atoms with Crippen molar-refractivity contribution in [2.45, 2.75) is 6.04 Å². The molecule has 2 aromatic rings. The van der Waals surface area contributed by atoms with E-state index < -0.39 is 0 Å². The van der Waals surface area contributed by atoms with Gasteiger partial charge in [0.15, 0.2) is 0 Å². The molecule has 0 saturated carbocycles. The lowest BCUT2D eigenvalue weighted by Crippen LogP contribution is -2.41. The van der Waals surface area contributed by atoms with Crippen molar-refractivity contribution in [3.8, 4) is 0 Å². The average Bonchev–Trinajstić information content (AvgIpc) is 2.46. The monoisotopic (exact) mass is 272 g/mol. The molecule has 2 N–H and O–H groups in total. The van der Waals surface area contributed by atoms with Crippen LogP contribution in [0.4, 0.5) is 0 Å². The maximum atomic E-state index is 12.4. The van der Waals surface area contributed by atoms with Crippen LogP contribution in [0.5, 0.6) is 0 Å². The van der Waals surface area contributed by atoms with Crippen LogP contribution in [0.15, 0.2) is 42.5 Å². The van der Waals surface area contributed by atoms with Gasteiger partial charge in [0.05, 0.1) is 6.61 Å². The first-order valence-electron chi connectivity index (χ1n) is 6.60. The Labute approximate surface area is 119 Å². The third-order valence-electron chi connectivity index (χ3n) is 3.23. The lowest BCUT2D eigenvalue weighted by molar-refractivity contribution is 0.0765. The van der Waals surface area contributed by atoms with Gasteiger partial charge in [-0.3, -0.25) is 4.79 Å². The van der Waals surface area contributed by atoms with E-state index in [1.165, 1.54) is 0 Å². The summed E-state index contributed by atoms with van der Waals surface area (Å²) in [5.41, 5.74) is 6.55. The molecule has 1 amide bonds. The van der Waals surface area contributed by atoms with E-state index in [0.717, 1.165) is 10.8 Å². The normalized spacial score (nSPS) is 12.3. The van der Waals surface area contributed by atoms with E-state index in [9.17, 15) is 4.79 Å². The van der Waals surface area contributed by atoms with Gasteiger partial charge in [-0.05, 0) is 22.9 Å².